The normalized spacial score (nSPS) is 10.3. The van der Waals surface area contributed by atoms with Crippen molar-refractivity contribution in [3.05, 3.63) is 45.3 Å². The van der Waals surface area contributed by atoms with Crippen LogP contribution < -0.4 is 5.32 Å². The highest BCUT2D eigenvalue weighted by Gasteiger charge is 2.09. The summed E-state index contributed by atoms with van der Waals surface area (Å²) >= 11 is 9.07. The molecule has 0 saturated carbocycles. The minimum absolute atomic E-state index is 0.272. The smallest absolute Gasteiger partial charge is 0.273 e. The van der Waals surface area contributed by atoms with Crippen LogP contribution in [-0.4, -0.2) is 15.9 Å². The maximum absolute atomic E-state index is 11.8. The van der Waals surface area contributed by atoms with Gasteiger partial charge >= 0.3 is 0 Å². The number of aromatic amines is 1. The number of hydrogen-bond donors (Lipinski definition) is 2. The van der Waals surface area contributed by atoms with Gasteiger partial charge in [-0.3, -0.25) is 4.79 Å². The molecule has 2 aromatic rings. The Morgan fingerprint density at radius 2 is 2.29 bits per heavy atom. The van der Waals surface area contributed by atoms with Crippen LogP contribution in [0.1, 0.15) is 16.2 Å². The van der Waals surface area contributed by atoms with Gasteiger partial charge in [-0.2, -0.15) is 0 Å². The molecule has 0 spiro atoms. The Hall–Kier alpha value is -1.33. The number of H-pyrrole nitrogens is 1. The molecule has 0 aliphatic carbocycles. The highest BCUT2D eigenvalue weighted by Crippen LogP contribution is 2.17. The van der Waals surface area contributed by atoms with Gasteiger partial charge in [0.15, 0.2) is 0 Å². The molecule has 17 heavy (non-hydrogen) atoms. The number of aryl methyl sites for hydroxylation is 1. The molecule has 6 heteroatoms. The number of hydrogen-bond acceptors (Lipinski definition) is 2. The first-order chi connectivity index (χ1) is 8.06. The van der Waals surface area contributed by atoms with Gasteiger partial charge in [-0.25, -0.2) is 4.98 Å². The summed E-state index contributed by atoms with van der Waals surface area (Å²) in [6.45, 7) is 1.85. The Balaban J connectivity index is 2.15. The van der Waals surface area contributed by atoms with E-state index < -0.39 is 0 Å². The maximum atomic E-state index is 11.8. The van der Waals surface area contributed by atoms with E-state index in [1.165, 1.54) is 0 Å². The SMILES string of the molecule is Cc1nc(NC(=O)c2cc(Cl)c[nH]2)ccc1Br. The van der Waals surface area contributed by atoms with Crippen LogP contribution in [0.5, 0.6) is 0 Å². The summed E-state index contributed by atoms with van der Waals surface area (Å²) in [5, 5.41) is 3.17. The number of aromatic nitrogens is 2. The van der Waals surface area contributed by atoms with Gasteiger partial charge in [0.05, 0.1) is 10.7 Å². The number of carbonyl (C=O) groups excluding carboxylic acids is 1. The van der Waals surface area contributed by atoms with Crippen LogP contribution in [0.2, 0.25) is 5.02 Å². The fourth-order valence-corrected chi connectivity index (χ4v) is 1.68. The second-order valence-corrected chi connectivity index (χ2v) is 4.74. The predicted molar refractivity (Wildman–Crippen MR) is 70.4 cm³/mol. The first-order valence-corrected chi connectivity index (χ1v) is 6.02. The Morgan fingerprint density at radius 1 is 1.53 bits per heavy atom. The maximum Gasteiger partial charge on any atom is 0.273 e. The third-order valence-electron chi connectivity index (χ3n) is 2.16. The van der Waals surface area contributed by atoms with Crippen molar-refractivity contribution in [1.29, 1.82) is 0 Å². The molecule has 2 heterocycles. The molecule has 2 N–H and O–H groups in total. The van der Waals surface area contributed by atoms with Crippen molar-refractivity contribution >= 4 is 39.3 Å². The van der Waals surface area contributed by atoms with Gasteiger partial charge in [0, 0.05) is 10.7 Å². The summed E-state index contributed by atoms with van der Waals surface area (Å²) in [5.41, 5.74) is 1.21. The first kappa shape index (κ1) is 12.1. The van der Waals surface area contributed by atoms with Gasteiger partial charge in [0.2, 0.25) is 0 Å². The molecule has 0 atom stereocenters. The van der Waals surface area contributed by atoms with Crippen LogP contribution in [0.25, 0.3) is 0 Å². The van der Waals surface area contributed by atoms with Gasteiger partial charge in [0.1, 0.15) is 11.5 Å². The first-order valence-electron chi connectivity index (χ1n) is 4.84. The molecule has 0 bridgehead atoms. The van der Waals surface area contributed by atoms with Crippen LogP contribution in [0.3, 0.4) is 0 Å². The average molecular weight is 315 g/mol. The van der Waals surface area contributed by atoms with Gasteiger partial charge in [-0.1, -0.05) is 11.6 Å². The minimum Gasteiger partial charge on any atom is -0.356 e. The Labute approximate surface area is 112 Å². The van der Waals surface area contributed by atoms with Crippen molar-refractivity contribution in [3.63, 3.8) is 0 Å². The number of nitrogens with one attached hydrogen (secondary N) is 2. The highest BCUT2D eigenvalue weighted by atomic mass is 79.9. The molecule has 0 aliphatic heterocycles. The van der Waals surface area contributed by atoms with E-state index in [4.69, 9.17) is 11.6 Å². The van der Waals surface area contributed by atoms with E-state index in [1.54, 1.807) is 18.3 Å². The zero-order valence-corrected chi connectivity index (χ0v) is 11.3. The third-order valence-corrected chi connectivity index (χ3v) is 3.21. The summed E-state index contributed by atoms with van der Waals surface area (Å²) in [4.78, 5) is 18.8. The van der Waals surface area contributed by atoms with Gasteiger partial charge < -0.3 is 10.3 Å². The molecule has 0 radical (unpaired) electrons. The molecule has 2 aromatic heterocycles. The Bertz CT molecular complexity index is 568. The molecule has 0 unspecified atom stereocenters. The van der Waals surface area contributed by atoms with Crippen LogP contribution in [-0.2, 0) is 0 Å². The Morgan fingerprint density at radius 3 is 2.88 bits per heavy atom. The average Bonchev–Trinajstić information content (AvgIpc) is 2.70. The minimum atomic E-state index is -0.272. The summed E-state index contributed by atoms with van der Waals surface area (Å²) in [6.07, 6.45) is 1.55. The zero-order chi connectivity index (χ0) is 12.4. The topological polar surface area (TPSA) is 57.8 Å². The van der Waals surface area contributed by atoms with Gasteiger partial charge in [-0.05, 0) is 41.1 Å². The van der Waals surface area contributed by atoms with Crippen LogP contribution in [0.4, 0.5) is 5.82 Å². The van der Waals surface area contributed by atoms with Crippen molar-refractivity contribution in [1.82, 2.24) is 9.97 Å². The lowest BCUT2D eigenvalue weighted by molar-refractivity contribution is 0.102. The lowest BCUT2D eigenvalue weighted by Gasteiger charge is -2.04. The largest absolute Gasteiger partial charge is 0.356 e. The number of carbonyl (C=O) groups is 1. The zero-order valence-electron chi connectivity index (χ0n) is 8.92. The predicted octanol–water partition coefficient (Wildman–Crippen LogP) is 3.39. The van der Waals surface area contributed by atoms with E-state index in [0.717, 1.165) is 10.2 Å². The number of nitrogens with zero attached hydrogens (tertiary/aromatic N) is 1. The molecular weight excluding hydrogens is 305 g/mol. The van der Waals surface area contributed by atoms with E-state index in [-0.39, 0.29) is 5.91 Å². The molecule has 0 fully saturated rings. The molecule has 0 aromatic carbocycles. The lowest BCUT2D eigenvalue weighted by Crippen LogP contribution is -2.13. The van der Waals surface area contributed by atoms with Crippen molar-refractivity contribution in [2.45, 2.75) is 6.92 Å². The molecular formula is C11H9BrClN3O. The summed E-state index contributed by atoms with van der Waals surface area (Å²) < 4.78 is 0.901. The number of pyridine rings is 1. The summed E-state index contributed by atoms with van der Waals surface area (Å²) in [6, 6.07) is 5.11. The fourth-order valence-electron chi connectivity index (χ4n) is 1.30. The number of halogens is 2. The summed E-state index contributed by atoms with van der Waals surface area (Å²) in [5.74, 6) is 0.229. The lowest BCUT2D eigenvalue weighted by atomic mass is 10.3. The molecule has 0 saturated heterocycles. The van der Waals surface area contributed by atoms with Crippen molar-refractivity contribution in [2.24, 2.45) is 0 Å². The monoisotopic (exact) mass is 313 g/mol. The molecule has 4 nitrogen and oxygen atoms in total. The highest BCUT2D eigenvalue weighted by molar-refractivity contribution is 9.10. The van der Waals surface area contributed by atoms with Crippen LogP contribution >= 0.6 is 27.5 Å². The number of anilines is 1. The standard InChI is InChI=1S/C11H9BrClN3O/c1-6-8(12)2-3-10(15-6)16-11(17)9-4-7(13)5-14-9/h2-5,14H,1H3,(H,15,16,17). The number of rotatable bonds is 2. The van der Waals surface area contributed by atoms with E-state index >= 15 is 0 Å². The van der Waals surface area contributed by atoms with Crippen molar-refractivity contribution < 1.29 is 4.79 Å². The second kappa shape index (κ2) is 4.89. The van der Waals surface area contributed by atoms with Crippen LogP contribution in [0, 0.1) is 6.92 Å². The Kier molecular flexibility index (Phi) is 3.49. The molecule has 2 rings (SSSR count). The van der Waals surface area contributed by atoms with Crippen molar-refractivity contribution in [3.8, 4) is 0 Å². The van der Waals surface area contributed by atoms with Crippen LogP contribution in [0.15, 0.2) is 28.9 Å². The molecule has 1 amide bonds. The van der Waals surface area contributed by atoms with E-state index in [2.05, 4.69) is 31.2 Å². The third kappa shape index (κ3) is 2.87. The molecule has 0 aliphatic rings. The van der Waals surface area contributed by atoms with E-state index in [1.807, 2.05) is 13.0 Å². The van der Waals surface area contributed by atoms with E-state index in [0.29, 0.717) is 16.5 Å². The number of amides is 1. The van der Waals surface area contributed by atoms with Gasteiger partial charge in [-0.15, -0.1) is 0 Å². The quantitative estimate of drug-likeness (QED) is 0.892. The van der Waals surface area contributed by atoms with Crippen molar-refractivity contribution in [2.75, 3.05) is 5.32 Å². The second-order valence-electron chi connectivity index (χ2n) is 3.45. The molecule has 88 valence electrons. The van der Waals surface area contributed by atoms with E-state index in [9.17, 15) is 4.79 Å². The summed E-state index contributed by atoms with van der Waals surface area (Å²) in [7, 11) is 0. The van der Waals surface area contributed by atoms with Gasteiger partial charge in [0.25, 0.3) is 5.91 Å². The fraction of sp³-hybridized carbons (Fsp3) is 0.0909.